The normalized spacial score (nSPS) is 10.3. The molecule has 0 aliphatic rings. The molecule has 0 unspecified atom stereocenters. The average Bonchev–Trinajstić information content (AvgIpc) is 2.65. The monoisotopic (exact) mass is 181 g/mol. The molecule has 12 heavy (non-hydrogen) atoms. The predicted octanol–water partition coefficient (Wildman–Crippen LogP) is 0.365. The van der Waals surface area contributed by atoms with Crippen molar-refractivity contribution in [3.63, 3.8) is 0 Å². The van der Waals surface area contributed by atoms with Gasteiger partial charge >= 0.3 is 0 Å². The van der Waals surface area contributed by atoms with Gasteiger partial charge < -0.3 is 10.3 Å². The summed E-state index contributed by atoms with van der Waals surface area (Å²) in [5.74, 6) is 0.503. The number of aromatic nitrogens is 4. The number of hydrogen-bond acceptors (Lipinski definition) is 5. The number of hydrogen-bond donors (Lipinski definition) is 1. The maximum Gasteiger partial charge on any atom is 0.200 e. The summed E-state index contributed by atoms with van der Waals surface area (Å²) in [6.07, 6.45) is 3.48. The lowest BCUT2D eigenvalue weighted by Gasteiger charge is -1.99. The predicted molar refractivity (Wildman–Crippen MR) is 45.7 cm³/mol. The first-order chi connectivity index (χ1) is 5.86. The molecule has 0 atom stereocenters. The average molecular weight is 181 g/mol. The molecule has 0 aliphatic heterocycles. The largest absolute Gasteiger partial charge is 0.369 e. The van der Waals surface area contributed by atoms with E-state index in [0.29, 0.717) is 12.5 Å². The maximum atomic E-state index is 5.56. The molecule has 6 heteroatoms. The molecule has 0 amide bonds. The fourth-order valence-corrected chi connectivity index (χ4v) is 1.34. The Labute approximate surface area is 73.0 Å². The van der Waals surface area contributed by atoms with Crippen molar-refractivity contribution in [1.82, 2.24) is 19.1 Å². The van der Waals surface area contributed by atoms with Gasteiger partial charge in [-0.2, -0.15) is 0 Å². The van der Waals surface area contributed by atoms with Crippen LogP contribution in [0, 0.1) is 0 Å². The van der Waals surface area contributed by atoms with E-state index in [1.165, 1.54) is 11.5 Å². The van der Waals surface area contributed by atoms with Gasteiger partial charge in [0.25, 0.3) is 0 Å². The van der Waals surface area contributed by atoms with Gasteiger partial charge in [0.05, 0.1) is 12.2 Å². The molecule has 0 fully saturated rings. The van der Waals surface area contributed by atoms with Gasteiger partial charge in [-0.1, -0.05) is 4.49 Å². The number of nitrogens with two attached hydrogens (primary N) is 1. The number of imidazole rings is 1. The van der Waals surface area contributed by atoms with E-state index in [0.717, 1.165) is 5.69 Å². The summed E-state index contributed by atoms with van der Waals surface area (Å²) in [6, 6.07) is 0. The number of nitrogens with zero attached hydrogens (tertiary/aromatic N) is 4. The van der Waals surface area contributed by atoms with Crippen LogP contribution in [0.1, 0.15) is 5.69 Å². The Kier molecular flexibility index (Phi) is 1.75. The molecule has 2 heterocycles. The van der Waals surface area contributed by atoms with Crippen LogP contribution in [-0.4, -0.2) is 19.1 Å². The lowest BCUT2D eigenvalue weighted by molar-refractivity contribution is 0.779. The fourth-order valence-electron chi connectivity index (χ4n) is 0.902. The SMILES string of the molecule is Nc1nccn1Cc1csnn1. The quantitative estimate of drug-likeness (QED) is 0.726. The maximum absolute atomic E-state index is 5.56. The molecule has 5 nitrogen and oxygen atoms in total. The molecule has 0 aliphatic carbocycles. The van der Waals surface area contributed by atoms with Crippen LogP contribution in [0.3, 0.4) is 0 Å². The van der Waals surface area contributed by atoms with E-state index in [-0.39, 0.29) is 0 Å². The molecule has 0 saturated heterocycles. The van der Waals surface area contributed by atoms with E-state index in [4.69, 9.17) is 5.73 Å². The van der Waals surface area contributed by atoms with Gasteiger partial charge in [0.1, 0.15) is 0 Å². The minimum Gasteiger partial charge on any atom is -0.369 e. The zero-order valence-electron chi connectivity index (χ0n) is 6.21. The van der Waals surface area contributed by atoms with Gasteiger partial charge in [0.15, 0.2) is 5.95 Å². The minimum atomic E-state index is 0.503. The second kappa shape index (κ2) is 2.90. The zero-order valence-corrected chi connectivity index (χ0v) is 7.03. The molecule has 0 bridgehead atoms. The van der Waals surface area contributed by atoms with E-state index < -0.39 is 0 Å². The van der Waals surface area contributed by atoms with Crippen LogP contribution in [0.25, 0.3) is 0 Å². The summed E-state index contributed by atoms with van der Waals surface area (Å²) < 4.78 is 5.57. The van der Waals surface area contributed by atoms with Crippen LogP contribution in [-0.2, 0) is 6.54 Å². The molecular weight excluding hydrogens is 174 g/mol. The third-order valence-corrected chi connectivity index (χ3v) is 2.04. The second-order valence-electron chi connectivity index (χ2n) is 2.31. The van der Waals surface area contributed by atoms with Crippen molar-refractivity contribution in [2.24, 2.45) is 0 Å². The van der Waals surface area contributed by atoms with Gasteiger partial charge in [-0.15, -0.1) is 5.10 Å². The molecule has 0 spiro atoms. The first kappa shape index (κ1) is 7.23. The summed E-state index contributed by atoms with van der Waals surface area (Å²) in [4.78, 5) is 3.89. The first-order valence-corrected chi connectivity index (χ1v) is 4.22. The number of rotatable bonds is 2. The smallest absolute Gasteiger partial charge is 0.200 e. The Morgan fingerprint density at radius 3 is 3.08 bits per heavy atom. The lowest BCUT2D eigenvalue weighted by atomic mass is 10.5. The minimum absolute atomic E-state index is 0.503. The molecule has 2 rings (SSSR count). The highest BCUT2D eigenvalue weighted by Crippen LogP contribution is 2.04. The third-order valence-electron chi connectivity index (χ3n) is 1.49. The summed E-state index contributed by atoms with van der Waals surface area (Å²) in [5.41, 5.74) is 6.47. The van der Waals surface area contributed by atoms with E-state index in [1.807, 2.05) is 16.1 Å². The van der Waals surface area contributed by atoms with Crippen molar-refractivity contribution in [3.8, 4) is 0 Å². The molecule has 62 valence electrons. The lowest BCUT2D eigenvalue weighted by Crippen LogP contribution is -2.03. The van der Waals surface area contributed by atoms with Crippen molar-refractivity contribution >= 4 is 17.5 Å². The number of nitrogen functional groups attached to an aromatic ring is 1. The molecule has 2 aromatic rings. The van der Waals surface area contributed by atoms with Crippen molar-refractivity contribution in [3.05, 3.63) is 23.5 Å². The molecule has 2 aromatic heterocycles. The summed E-state index contributed by atoms with van der Waals surface area (Å²) in [5, 5.41) is 5.78. The second-order valence-corrected chi connectivity index (χ2v) is 2.92. The van der Waals surface area contributed by atoms with Crippen LogP contribution in [0.15, 0.2) is 17.8 Å². The summed E-state index contributed by atoms with van der Waals surface area (Å²) >= 11 is 1.33. The van der Waals surface area contributed by atoms with Crippen LogP contribution < -0.4 is 5.73 Å². The van der Waals surface area contributed by atoms with Crippen molar-refractivity contribution in [2.45, 2.75) is 6.54 Å². The van der Waals surface area contributed by atoms with Crippen molar-refractivity contribution < 1.29 is 0 Å². The molecular formula is C6H7N5S. The summed E-state index contributed by atoms with van der Waals surface area (Å²) in [7, 11) is 0. The zero-order chi connectivity index (χ0) is 8.39. The fraction of sp³-hybridized carbons (Fsp3) is 0.167. The Balaban J connectivity index is 2.20. The highest BCUT2D eigenvalue weighted by Gasteiger charge is 2.00. The van der Waals surface area contributed by atoms with E-state index in [1.54, 1.807) is 6.20 Å². The van der Waals surface area contributed by atoms with Crippen molar-refractivity contribution in [1.29, 1.82) is 0 Å². The standard InChI is InChI=1S/C6H7N5S/c7-6-8-1-2-11(6)3-5-4-12-10-9-5/h1-2,4H,3H2,(H2,7,8). The summed E-state index contributed by atoms with van der Waals surface area (Å²) in [6.45, 7) is 0.641. The van der Waals surface area contributed by atoms with Crippen LogP contribution in [0.2, 0.25) is 0 Å². The van der Waals surface area contributed by atoms with Gasteiger partial charge in [0, 0.05) is 17.8 Å². The van der Waals surface area contributed by atoms with E-state index in [9.17, 15) is 0 Å². The van der Waals surface area contributed by atoms with Gasteiger partial charge in [0.2, 0.25) is 0 Å². The van der Waals surface area contributed by atoms with Gasteiger partial charge in [-0.05, 0) is 11.5 Å². The van der Waals surface area contributed by atoms with E-state index in [2.05, 4.69) is 14.6 Å². The third kappa shape index (κ3) is 1.28. The highest BCUT2D eigenvalue weighted by molar-refractivity contribution is 7.03. The Morgan fingerprint density at radius 1 is 1.58 bits per heavy atom. The number of anilines is 1. The molecule has 0 aromatic carbocycles. The van der Waals surface area contributed by atoms with Gasteiger partial charge in [-0.25, -0.2) is 4.98 Å². The van der Waals surface area contributed by atoms with Crippen molar-refractivity contribution in [2.75, 3.05) is 5.73 Å². The molecule has 0 radical (unpaired) electrons. The first-order valence-electron chi connectivity index (χ1n) is 3.39. The van der Waals surface area contributed by atoms with Gasteiger partial charge in [-0.3, -0.25) is 0 Å². The highest BCUT2D eigenvalue weighted by atomic mass is 32.1. The molecule has 0 saturated carbocycles. The van der Waals surface area contributed by atoms with Crippen LogP contribution in [0.5, 0.6) is 0 Å². The topological polar surface area (TPSA) is 69.6 Å². The Hall–Kier alpha value is -1.43. The molecule has 2 N–H and O–H groups in total. The van der Waals surface area contributed by atoms with E-state index >= 15 is 0 Å². The Bertz CT molecular complexity index is 352. The van der Waals surface area contributed by atoms with Crippen LogP contribution >= 0.6 is 11.5 Å². The Morgan fingerprint density at radius 2 is 2.50 bits per heavy atom. The van der Waals surface area contributed by atoms with Crippen LogP contribution in [0.4, 0.5) is 5.95 Å².